The minimum atomic E-state index is 0.180. The van der Waals surface area contributed by atoms with E-state index in [9.17, 15) is 5.11 Å². The summed E-state index contributed by atoms with van der Waals surface area (Å²) in [5.74, 6) is 0.453. The van der Waals surface area contributed by atoms with Gasteiger partial charge in [0.25, 0.3) is 0 Å². The van der Waals surface area contributed by atoms with Crippen molar-refractivity contribution in [2.75, 3.05) is 6.61 Å². The quantitative estimate of drug-likeness (QED) is 0.800. The highest BCUT2D eigenvalue weighted by atomic mass is 16.3. The Bertz CT molecular complexity index is 313. The number of nitrogens with one attached hydrogen (secondary N) is 1. The molecule has 0 aliphatic rings. The monoisotopic (exact) mass is 221 g/mol. The van der Waals surface area contributed by atoms with Crippen molar-refractivity contribution in [2.45, 2.75) is 40.3 Å². The summed E-state index contributed by atoms with van der Waals surface area (Å²) in [4.78, 5) is 0. The van der Waals surface area contributed by atoms with Gasteiger partial charge >= 0.3 is 0 Å². The molecule has 16 heavy (non-hydrogen) atoms. The molecule has 0 radical (unpaired) electrons. The second-order valence-electron chi connectivity index (χ2n) is 4.78. The first-order valence-electron chi connectivity index (χ1n) is 5.95. The minimum absolute atomic E-state index is 0.180. The molecular weight excluding hydrogens is 198 g/mol. The summed E-state index contributed by atoms with van der Waals surface area (Å²) in [6.45, 7) is 9.54. The Morgan fingerprint density at radius 1 is 1.19 bits per heavy atom. The highest BCUT2D eigenvalue weighted by Gasteiger charge is 2.12. The summed E-state index contributed by atoms with van der Waals surface area (Å²) in [5, 5.41) is 12.7. The summed E-state index contributed by atoms with van der Waals surface area (Å²) in [6.07, 6.45) is 0. The van der Waals surface area contributed by atoms with Crippen LogP contribution in [0.5, 0.6) is 0 Å². The fourth-order valence-electron chi connectivity index (χ4n) is 1.87. The fraction of sp³-hybridized carbons (Fsp3) is 0.571. The fourth-order valence-corrected chi connectivity index (χ4v) is 1.87. The Morgan fingerprint density at radius 2 is 1.75 bits per heavy atom. The van der Waals surface area contributed by atoms with Crippen molar-refractivity contribution < 1.29 is 5.11 Å². The number of hydrogen-bond donors (Lipinski definition) is 2. The van der Waals surface area contributed by atoms with Crippen LogP contribution in [0.15, 0.2) is 18.2 Å². The molecule has 0 saturated carbocycles. The smallest absolute Gasteiger partial charge is 0.0587 e. The summed E-state index contributed by atoms with van der Waals surface area (Å²) >= 11 is 0. The first-order chi connectivity index (χ1) is 7.56. The van der Waals surface area contributed by atoms with E-state index in [0.717, 1.165) is 6.54 Å². The molecule has 2 nitrogen and oxygen atoms in total. The van der Waals surface area contributed by atoms with Crippen molar-refractivity contribution in [3.63, 3.8) is 0 Å². The molecule has 1 unspecified atom stereocenters. The molecule has 2 heteroatoms. The van der Waals surface area contributed by atoms with E-state index in [0.29, 0.717) is 5.92 Å². The number of aliphatic hydroxyl groups is 1. The molecule has 0 fully saturated rings. The van der Waals surface area contributed by atoms with Gasteiger partial charge in [-0.2, -0.15) is 0 Å². The first-order valence-corrected chi connectivity index (χ1v) is 5.95. The third-order valence-corrected chi connectivity index (χ3v) is 3.19. The Hall–Kier alpha value is -0.860. The molecule has 90 valence electrons. The molecule has 0 aliphatic heterocycles. The van der Waals surface area contributed by atoms with Crippen LogP contribution in [0.4, 0.5) is 0 Å². The molecule has 0 bridgehead atoms. The van der Waals surface area contributed by atoms with Crippen LogP contribution < -0.4 is 5.32 Å². The molecule has 0 saturated heterocycles. The van der Waals surface area contributed by atoms with Crippen LogP contribution in [-0.4, -0.2) is 17.8 Å². The number of rotatable bonds is 5. The molecule has 1 aromatic carbocycles. The van der Waals surface area contributed by atoms with Crippen molar-refractivity contribution >= 4 is 0 Å². The lowest BCUT2D eigenvalue weighted by Gasteiger charge is -2.21. The Balaban J connectivity index is 2.67. The third kappa shape index (κ3) is 3.32. The molecule has 0 heterocycles. The van der Waals surface area contributed by atoms with Gasteiger partial charge in [-0.15, -0.1) is 0 Å². The van der Waals surface area contributed by atoms with Crippen LogP contribution in [0.1, 0.15) is 30.5 Å². The first kappa shape index (κ1) is 13.2. The van der Waals surface area contributed by atoms with Gasteiger partial charge in [0.15, 0.2) is 0 Å². The Kier molecular flexibility index (Phi) is 4.97. The van der Waals surface area contributed by atoms with Gasteiger partial charge in [0.05, 0.1) is 6.61 Å². The molecule has 0 aromatic heterocycles. The zero-order valence-corrected chi connectivity index (χ0v) is 10.7. The van der Waals surface area contributed by atoms with Gasteiger partial charge in [0.1, 0.15) is 0 Å². The predicted molar refractivity (Wildman–Crippen MR) is 68.5 cm³/mol. The maximum atomic E-state index is 9.25. The highest BCUT2D eigenvalue weighted by molar-refractivity contribution is 5.33. The molecule has 0 aliphatic carbocycles. The van der Waals surface area contributed by atoms with Gasteiger partial charge in [0, 0.05) is 12.6 Å². The summed E-state index contributed by atoms with van der Waals surface area (Å²) in [5.41, 5.74) is 3.97. The van der Waals surface area contributed by atoms with Gasteiger partial charge in [-0.3, -0.25) is 0 Å². The lowest BCUT2D eigenvalue weighted by molar-refractivity contribution is 0.210. The van der Waals surface area contributed by atoms with E-state index < -0.39 is 0 Å². The van der Waals surface area contributed by atoms with Crippen LogP contribution in [0, 0.1) is 19.8 Å². The number of benzene rings is 1. The van der Waals surface area contributed by atoms with E-state index in [4.69, 9.17) is 0 Å². The van der Waals surface area contributed by atoms with Gasteiger partial charge in [0.2, 0.25) is 0 Å². The maximum absolute atomic E-state index is 9.25. The van der Waals surface area contributed by atoms with Crippen LogP contribution in [0.2, 0.25) is 0 Å². The number of hydrogen-bond acceptors (Lipinski definition) is 2. The molecule has 0 spiro atoms. The zero-order chi connectivity index (χ0) is 12.1. The van der Waals surface area contributed by atoms with Crippen molar-refractivity contribution in [3.8, 4) is 0 Å². The molecule has 0 amide bonds. The maximum Gasteiger partial charge on any atom is 0.0587 e. The minimum Gasteiger partial charge on any atom is -0.395 e. The van der Waals surface area contributed by atoms with Crippen LogP contribution in [0.3, 0.4) is 0 Å². The van der Waals surface area contributed by atoms with E-state index in [1.165, 1.54) is 16.7 Å². The molecule has 2 N–H and O–H groups in total. The van der Waals surface area contributed by atoms with Crippen LogP contribution in [0.25, 0.3) is 0 Å². The number of aryl methyl sites for hydroxylation is 2. The van der Waals surface area contributed by atoms with Gasteiger partial charge in [-0.25, -0.2) is 0 Å². The van der Waals surface area contributed by atoms with Crippen molar-refractivity contribution in [1.29, 1.82) is 0 Å². The number of aliphatic hydroxyl groups excluding tert-OH is 1. The van der Waals surface area contributed by atoms with Crippen LogP contribution >= 0.6 is 0 Å². The average molecular weight is 221 g/mol. The predicted octanol–water partition coefficient (Wildman–Crippen LogP) is 2.41. The molecule has 1 rings (SSSR count). The Labute approximate surface area is 98.7 Å². The molecule has 1 aromatic rings. The van der Waals surface area contributed by atoms with Crippen molar-refractivity contribution in [3.05, 3.63) is 34.9 Å². The van der Waals surface area contributed by atoms with Crippen molar-refractivity contribution in [2.24, 2.45) is 5.92 Å². The topological polar surface area (TPSA) is 32.3 Å². The third-order valence-electron chi connectivity index (χ3n) is 3.19. The lowest BCUT2D eigenvalue weighted by Crippen LogP contribution is -2.36. The van der Waals surface area contributed by atoms with Crippen molar-refractivity contribution in [1.82, 2.24) is 5.32 Å². The normalized spacial score (nSPS) is 13.1. The summed E-state index contributed by atoms with van der Waals surface area (Å²) in [7, 11) is 0. The van der Waals surface area contributed by atoms with Gasteiger partial charge < -0.3 is 10.4 Å². The summed E-state index contributed by atoms with van der Waals surface area (Å²) in [6, 6.07) is 6.53. The highest BCUT2D eigenvalue weighted by Crippen LogP contribution is 2.13. The zero-order valence-electron chi connectivity index (χ0n) is 10.7. The molecule has 1 atom stereocenters. The lowest BCUT2D eigenvalue weighted by atomic mass is 10.0. The summed E-state index contributed by atoms with van der Waals surface area (Å²) < 4.78 is 0. The van der Waals surface area contributed by atoms with E-state index in [2.05, 4.69) is 51.2 Å². The van der Waals surface area contributed by atoms with Crippen LogP contribution in [-0.2, 0) is 6.54 Å². The van der Waals surface area contributed by atoms with E-state index in [-0.39, 0.29) is 12.6 Å². The van der Waals surface area contributed by atoms with Gasteiger partial charge in [-0.1, -0.05) is 32.0 Å². The standard InChI is InChI=1S/C14H23NO/c1-10(2)14(9-16)15-8-13-11(3)6-5-7-12(13)4/h5-7,10,14-16H,8-9H2,1-4H3. The SMILES string of the molecule is Cc1cccc(C)c1CNC(CO)C(C)C. The van der Waals surface area contributed by atoms with E-state index in [1.807, 2.05) is 0 Å². The Morgan fingerprint density at radius 3 is 2.19 bits per heavy atom. The largest absolute Gasteiger partial charge is 0.395 e. The van der Waals surface area contributed by atoms with E-state index >= 15 is 0 Å². The second kappa shape index (κ2) is 6.02. The average Bonchev–Trinajstić information content (AvgIpc) is 2.22. The van der Waals surface area contributed by atoms with E-state index in [1.54, 1.807) is 0 Å². The molecular formula is C14H23NO. The second-order valence-corrected chi connectivity index (χ2v) is 4.78. The van der Waals surface area contributed by atoms with Gasteiger partial charge in [-0.05, 0) is 36.5 Å².